The lowest BCUT2D eigenvalue weighted by Gasteiger charge is -2.28. The lowest BCUT2D eigenvalue weighted by atomic mass is 9.76. The van der Waals surface area contributed by atoms with Crippen LogP contribution < -0.4 is 9.47 Å². The summed E-state index contributed by atoms with van der Waals surface area (Å²) in [5.41, 5.74) is 3.88. The lowest BCUT2D eigenvalue weighted by molar-refractivity contribution is 0.105. The second-order valence-corrected chi connectivity index (χ2v) is 10.8. The fourth-order valence-corrected chi connectivity index (χ4v) is 3.78. The van der Waals surface area contributed by atoms with Crippen molar-refractivity contribution in [2.75, 3.05) is 0 Å². The van der Waals surface area contributed by atoms with Crippen molar-refractivity contribution in [1.29, 1.82) is 0 Å². The SMILES string of the molecule is CCC(C)(C)Oc1cccc(Oc2ccc(C(C)(C)c3ccc(C(C)(C)CC)cc3)cc2)c1. The molecule has 0 saturated heterocycles. The van der Waals surface area contributed by atoms with E-state index in [1.165, 1.54) is 16.7 Å². The molecule has 0 N–H and O–H groups in total. The van der Waals surface area contributed by atoms with Crippen LogP contribution in [-0.2, 0) is 10.8 Å². The zero-order valence-corrected chi connectivity index (χ0v) is 21.7. The number of ether oxygens (including phenoxy) is 2. The normalized spacial score (nSPS) is 12.5. The van der Waals surface area contributed by atoms with E-state index in [0.717, 1.165) is 30.1 Å². The van der Waals surface area contributed by atoms with Gasteiger partial charge in [0.1, 0.15) is 22.8 Å². The highest BCUT2D eigenvalue weighted by atomic mass is 16.5. The molecule has 0 fully saturated rings. The molecule has 2 heteroatoms. The van der Waals surface area contributed by atoms with Crippen molar-refractivity contribution in [3.63, 3.8) is 0 Å². The highest BCUT2D eigenvalue weighted by Gasteiger charge is 2.25. The molecule has 0 saturated carbocycles. The maximum Gasteiger partial charge on any atom is 0.131 e. The van der Waals surface area contributed by atoms with Crippen LogP contribution in [0.25, 0.3) is 0 Å². The minimum Gasteiger partial charge on any atom is -0.488 e. The molecular formula is C31H40O2. The first-order chi connectivity index (χ1) is 15.5. The third-order valence-corrected chi connectivity index (χ3v) is 7.13. The first-order valence-corrected chi connectivity index (χ1v) is 12.2. The molecule has 2 nitrogen and oxygen atoms in total. The van der Waals surface area contributed by atoms with Crippen LogP contribution in [-0.4, -0.2) is 5.60 Å². The number of hydrogen-bond donors (Lipinski definition) is 0. The fourth-order valence-electron chi connectivity index (χ4n) is 3.78. The van der Waals surface area contributed by atoms with Gasteiger partial charge in [0.05, 0.1) is 0 Å². The van der Waals surface area contributed by atoms with E-state index in [1.807, 2.05) is 24.3 Å². The van der Waals surface area contributed by atoms with Crippen LogP contribution >= 0.6 is 0 Å². The summed E-state index contributed by atoms with van der Waals surface area (Å²) in [6.45, 7) is 17.7. The fraction of sp³-hybridized carbons (Fsp3) is 0.419. The molecule has 0 aliphatic heterocycles. The van der Waals surface area contributed by atoms with E-state index in [2.05, 4.69) is 104 Å². The van der Waals surface area contributed by atoms with Crippen LogP contribution in [0.1, 0.15) is 84.9 Å². The van der Waals surface area contributed by atoms with E-state index < -0.39 is 0 Å². The monoisotopic (exact) mass is 444 g/mol. The highest BCUT2D eigenvalue weighted by Crippen LogP contribution is 2.35. The molecule has 0 aromatic heterocycles. The standard InChI is InChI=1S/C31H40O2/c1-9-29(3,4)23-14-16-24(17-15-23)31(7,8)25-18-20-26(21-19-25)32-27-12-11-13-28(22-27)33-30(5,6)10-2/h11-22H,9-10H2,1-8H3. The van der Waals surface area contributed by atoms with Gasteiger partial charge >= 0.3 is 0 Å². The molecule has 0 spiro atoms. The minimum absolute atomic E-state index is 0.0904. The Balaban J connectivity index is 1.75. The molecule has 3 rings (SSSR count). The van der Waals surface area contributed by atoms with Gasteiger partial charge in [0.15, 0.2) is 0 Å². The Morgan fingerprint density at radius 2 is 1.09 bits per heavy atom. The van der Waals surface area contributed by atoms with Gasteiger partial charge in [0.2, 0.25) is 0 Å². The van der Waals surface area contributed by atoms with E-state index in [0.29, 0.717) is 0 Å². The second kappa shape index (κ2) is 9.63. The average Bonchev–Trinajstić information content (AvgIpc) is 2.79. The molecule has 3 aromatic rings. The molecule has 0 amide bonds. The van der Waals surface area contributed by atoms with Crippen molar-refractivity contribution in [3.8, 4) is 17.2 Å². The molecule has 0 radical (unpaired) electrons. The Morgan fingerprint density at radius 1 is 0.576 bits per heavy atom. The molecule has 176 valence electrons. The minimum atomic E-state index is -0.198. The highest BCUT2D eigenvalue weighted by molar-refractivity contribution is 5.43. The molecule has 0 heterocycles. The quantitative estimate of drug-likeness (QED) is 0.328. The van der Waals surface area contributed by atoms with Gasteiger partial charge in [0.25, 0.3) is 0 Å². The molecule has 3 aromatic carbocycles. The first kappa shape index (κ1) is 24.9. The molecule has 0 unspecified atom stereocenters. The van der Waals surface area contributed by atoms with Crippen LogP contribution in [0.2, 0.25) is 0 Å². The summed E-state index contributed by atoms with van der Waals surface area (Å²) in [5.74, 6) is 2.42. The maximum absolute atomic E-state index is 6.13. The van der Waals surface area contributed by atoms with Gasteiger partial charge < -0.3 is 9.47 Å². The summed E-state index contributed by atoms with van der Waals surface area (Å²) in [6, 6.07) is 25.4. The Bertz CT molecular complexity index is 1040. The van der Waals surface area contributed by atoms with E-state index in [1.54, 1.807) is 0 Å². The Kier molecular flexibility index (Phi) is 7.26. The summed E-state index contributed by atoms with van der Waals surface area (Å²) in [7, 11) is 0. The van der Waals surface area contributed by atoms with Crippen molar-refractivity contribution in [3.05, 3.63) is 89.5 Å². The predicted octanol–water partition coefficient (Wildman–Crippen LogP) is 9.06. The van der Waals surface area contributed by atoms with Crippen LogP contribution in [0.15, 0.2) is 72.8 Å². The maximum atomic E-state index is 6.13. The Morgan fingerprint density at radius 3 is 1.64 bits per heavy atom. The van der Waals surface area contributed by atoms with Gasteiger partial charge in [-0.2, -0.15) is 0 Å². The van der Waals surface area contributed by atoms with Crippen molar-refractivity contribution >= 4 is 0 Å². The van der Waals surface area contributed by atoms with E-state index in [-0.39, 0.29) is 16.4 Å². The summed E-state index contributed by atoms with van der Waals surface area (Å²) in [5, 5.41) is 0. The molecule has 0 aliphatic rings. The van der Waals surface area contributed by atoms with E-state index in [4.69, 9.17) is 9.47 Å². The van der Waals surface area contributed by atoms with Gasteiger partial charge in [-0.05, 0) is 73.1 Å². The zero-order valence-electron chi connectivity index (χ0n) is 21.7. The van der Waals surface area contributed by atoms with Crippen molar-refractivity contribution in [2.24, 2.45) is 0 Å². The van der Waals surface area contributed by atoms with Gasteiger partial charge in [0, 0.05) is 11.5 Å². The number of benzene rings is 3. The summed E-state index contributed by atoms with van der Waals surface area (Å²) in [4.78, 5) is 0. The van der Waals surface area contributed by atoms with Crippen LogP contribution in [0, 0.1) is 0 Å². The summed E-state index contributed by atoms with van der Waals surface area (Å²) >= 11 is 0. The van der Waals surface area contributed by atoms with Gasteiger partial charge in [-0.15, -0.1) is 0 Å². The predicted molar refractivity (Wildman–Crippen MR) is 140 cm³/mol. The van der Waals surface area contributed by atoms with Crippen molar-refractivity contribution in [2.45, 2.75) is 84.7 Å². The van der Waals surface area contributed by atoms with Gasteiger partial charge in [-0.1, -0.05) is 84.0 Å². The number of hydrogen-bond acceptors (Lipinski definition) is 2. The van der Waals surface area contributed by atoms with Crippen molar-refractivity contribution < 1.29 is 9.47 Å². The van der Waals surface area contributed by atoms with Crippen molar-refractivity contribution in [1.82, 2.24) is 0 Å². The molecular weight excluding hydrogens is 404 g/mol. The average molecular weight is 445 g/mol. The molecule has 0 atom stereocenters. The summed E-state index contributed by atoms with van der Waals surface area (Å²) < 4.78 is 12.2. The molecule has 0 bridgehead atoms. The van der Waals surface area contributed by atoms with E-state index in [9.17, 15) is 0 Å². The third kappa shape index (κ3) is 5.99. The molecule has 33 heavy (non-hydrogen) atoms. The molecule has 0 aliphatic carbocycles. The largest absolute Gasteiger partial charge is 0.488 e. The summed E-state index contributed by atoms with van der Waals surface area (Å²) in [6.07, 6.45) is 2.07. The van der Waals surface area contributed by atoms with Crippen LogP contribution in [0.3, 0.4) is 0 Å². The smallest absolute Gasteiger partial charge is 0.131 e. The van der Waals surface area contributed by atoms with Crippen LogP contribution in [0.4, 0.5) is 0 Å². The van der Waals surface area contributed by atoms with Gasteiger partial charge in [-0.3, -0.25) is 0 Å². The topological polar surface area (TPSA) is 18.5 Å². The lowest BCUT2D eigenvalue weighted by Crippen LogP contribution is -2.26. The van der Waals surface area contributed by atoms with E-state index >= 15 is 0 Å². The Hall–Kier alpha value is -2.74. The first-order valence-electron chi connectivity index (χ1n) is 12.2. The number of rotatable bonds is 9. The third-order valence-electron chi connectivity index (χ3n) is 7.13. The zero-order chi connectivity index (χ0) is 24.3. The van der Waals surface area contributed by atoms with Gasteiger partial charge in [-0.25, -0.2) is 0 Å². The van der Waals surface area contributed by atoms with Crippen LogP contribution in [0.5, 0.6) is 17.2 Å². The Labute approximate surface area is 201 Å². The second-order valence-electron chi connectivity index (χ2n) is 10.8.